The van der Waals surface area contributed by atoms with E-state index in [2.05, 4.69) is 15.4 Å². The van der Waals surface area contributed by atoms with Crippen LogP contribution in [-0.4, -0.2) is 21.5 Å². The maximum atomic E-state index is 11.4. The minimum atomic E-state index is -0.475. The summed E-state index contributed by atoms with van der Waals surface area (Å²) in [6.45, 7) is 5.90. The molecule has 15 heavy (non-hydrogen) atoms. The summed E-state index contributed by atoms with van der Waals surface area (Å²) >= 11 is 0. The molecule has 1 N–H and O–H groups in total. The van der Waals surface area contributed by atoms with Crippen LogP contribution in [0.3, 0.4) is 0 Å². The van der Waals surface area contributed by atoms with Crippen LogP contribution in [-0.2, 0) is 4.84 Å². The molecule has 1 rings (SSSR count). The monoisotopic (exact) mass is 209 g/mol. The summed E-state index contributed by atoms with van der Waals surface area (Å²) < 4.78 is 0. The Morgan fingerprint density at radius 2 is 2.07 bits per heavy atom. The fourth-order valence-electron chi connectivity index (χ4n) is 0.720. The van der Waals surface area contributed by atoms with Crippen LogP contribution in [0, 0.1) is 0 Å². The summed E-state index contributed by atoms with van der Waals surface area (Å²) in [4.78, 5) is 23.8. The van der Waals surface area contributed by atoms with E-state index in [4.69, 9.17) is 4.84 Å². The average molecular weight is 209 g/mol. The normalized spacial score (nSPS) is 11.1. The molecule has 0 fully saturated rings. The lowest BCUT2D eigenvalue weighted by atomic mass is 10.0. The topological polar surface area (TPSA) is 64.1 Å². The Bertz CT molecular complexity index is 325. The van der Waals surface area contributed by atoms with Crippen molar-refractivity contribution in [2.45, 2.75) is 32.7 Å². The predicted molar refractivity (Wildman–Crippen MR) is 55.0 cm³/mol. The lowest BCUT2D eigenvalue weighted by Crippen LogP contribution is -2.40. The SMILES string of the molecule is CCC(C)(C)NOC(=O)c1cncnc1. The molecule has 0 saturated carbocycles. The molecule has 1 heterocycles. The first-order valence-electron chi connectivity index (χ1n) is 4.78. The molecule has 1 aromatic rings. The summed E-state index contributed by atoms with van der Waals surface area (Å²) in [6, 6.07) is 0. The average Bonchev–Trinajstić information content (AvgIpc) is 2.27. The number of aromatic nitrogens is 2. The van der Waals surface area contributed by atoms with E-state index in [1.54, 1.807) is 0 Å². The number of hydroxylamine groups is 1. The van der Waals surface area contributed by atoms with Crippen LogP contribution in [0.1, 0.15) is 37.6 Å². The predicted octanol–water partition coefficient (Wildman–Crippen LogP) is 1.33. The fraction of sp³-hybridized carbons (Fsp3) is 0.500. The Morgan fingerprint density at radius 3 is 2.60 bits per heavy atom. The second-order valence-corrected chi connectivity index (χ2v) is 3.86. The van der Waals surface area contributed by atoms with Crippen molar-refractivity contribution in [3.05, 3.63) is 24.3 Å². The Morgan fingerprint density at radius 1 is 1.47 bits per heavy atom. The van der Waals surface area contributed by atoms with Gasteiger partial charge in [0.15, 0.2) is 0 Å². The maximum absolute atomic E-state index is 11.4. The van der Waals surface area contributed by atoms with Gasteiger partial charge < -0.3 is 4.84 Å². The Kier molecular flexibility index (Phi) is 3.74. The van der Waals surface area contributed by atoms with E-state index in [0.717, 1.165) is 6.42 Å². The van der Waals surface area contributed by atoms with Crippen molar-refractivity contribution in [2.24, 2.45) is 0 Å². The van der Waals surface area contributed by atoms with E-state index >= 15 is 0 Å². The van der Waals surface area contributed by atoms with Crippen molar-refractivity contribution in [3.63, 3.8) is 0 Å². The van der Waals surface area contributed by atoms with Gasteiger partial charge in [0.1, 0.15) is 6.33 Å². The third-order valence-corrected chi connectivity index (χ3v) is 2.10. The number of hydrogen-bond donors (Lipinski definition) is 1. The summed E-state index contributed by atoms with van der Waals surface area (Å²) in [5.74, 6) is -0.475. The number of nitrogens with one attached hydrogen (secondary N) is 1. The van der Waals surface area contributed by atoms with Gasteiger partial charge in [-0.25, -0.2) is 14.8 Å². The van der Waals surface area contributed by atoms with E-state index in [1.165, 1.54) is 18.7 Å². The van der Waals surface area contributed by atoms with Gasteiger partial charge >= 0.3 is 5.97 Å². The molecule has 0 radical (unpaired) electrons. The fourth-order valence-corrected chi connectivity index (χ4v) is 0.720. The van der Waals surface area contributed by atoms with Gasteiger partial charge in [0, 0.05) is 17.9 Å². The van der Waals surface area contributed by atoms with Crippen molar-refractivity contribution in [1.82, 2.24) is 15.4 Å². The number of carbonyl (C=O) groups excluding carboxylic acids is 1. The molecule has 0 amide bonds. The Labute approximate surface area is 88.8 Å². The molecule has 0 aromatic carbocycles. The zero-order valence-electron chi connectivity index (χ0n) is 9.15. The maximum Gasteiger partial charge on any atom is 0.359 e. The summed E-state index contributed by atoms with van der Waals surface area (Å²) in [5.41, 5.74) is 2.80. The Hall–Kier alpha value is -1.49. The van der Waals surface area contributed by atoms with Gasteiger partial charge in [-0.3, -0.25) is 0 Å². The van der Waals surface area contributed by atoms with Gasteiger partial charge in [-0.05, 0) is 20.3 Å². The highest BCUT2D eigenvalue weighted by molar-refractivity contribution is 5.88. The second-order valence-electron chi connectivity index (χ2n) is 3.86. The van der Waals surface area contributed by atoms with Crippen LogP contribution in [0.4, 0.5) is 0 Å². The van der Waals surface area contributed by atoms with Crippen molar-refractivity contribution in [1.29, 1.82) is 0 Å². The summed E-state index contributed by atoms with van der Waals surface area (Å²) in [7, 11) is 0. The Balaban J connectivity index is 2.51. The van der Waals surface area contributed by atoms with Crippen molar-refractivity contribution >= 4 is 5.97 Å². The van der Waals surface area contributed by atoms with Crippen LogP contribution >= 0.6 is 0 Å². The molecular formula is C10H15N3O2. The van der Waals surface area contributed by atoms with Crippen LogP contribution in [0.25, 0.3) is 0 Å². The zero-order chi connectivity index (χ0) is 11.3. The minimum Gasteiger partial charge on any atom is -0.366 e. The number of carbonyl (C=O) groups is 1. The zero-order valence-corrected chi connectivity index (χ0v) is 9.15. The third-order valence-electron chi connectivity index (χ3n) is 2.10. The van der Waals surface area contributed by atoms with Gasteiger partial charge in [0.25, 0.3) is 0 Å². The highest BCUT2D eigenvalue weighted by Crippen LogP contribution is 2.07. The number of hydrogen-bond acceptors (Lipinski definition) is 5. The van der Waals surface area contributed by atoms with Crippen molar-refractivity contribution < 1.29 is 9.63 Å². The molecular weight excluding hydrogens is 194 g/mol. The first kappa shape index (κ1) is 11.6. The van der Waals surface area contributed by atoms with Crippen LogP contribution < -0.4 is 5.48 Å². The van der Waals surface area contributed by atoms with E-state index in [9.17, 15) is 4.79 Å². The largest absolute Gasteiger partial charge is 0.366 e. The highest BCUT2D eigenvalue weighted by Gasteiger charge is 2.17. The smallest absolute Gasteiger partial charge is 0.359 e. The van der Waals surface area contributed by atoms with E-state index in [-0.39, 0.29) is 5.54 Å². The quantitative estimate of drug-likeness (QED) is 0.758. The molecule has 5 heteroatoms. The van der Waals surface area contributed by atoms with Crippen LogP contribution in [0.2, 0.25) is 0 Å². The highest BCUT2D eigenvalue weighted by atomic mass is 16.7. The molecule has 0 unspecified atom stereocenters. The lowest BCUT2D eigenvalue weighted by Gasteiger charge is -2.22. The van der Waals surface area contributed by atoms with Crippen LogP contribution in [0.5, 0.6) is 0 Å². The van der Waals surface area contributed by atoms with Gasteiger partial charge in [0.2, 0.25) is 0 Å². The van der Waals surface area contributed by atoms with Crippen molar-refractivity contribution in [2.75, 3.05) is 0 Å². The molecule has 0 bridgehead atoms. The van der Waals surface area contributed by atoms with Gasteiger partial charge in [-0.15, -0.1) is 5.48 Å². The van der Waals surface area contributed by atoms with Crippen molar-refractivity contribution in [3.8, 4) is 0 Å². The summed E-state index contributed by atoms with van der Waals surface area (Å²) in [5, 5.41) is 0. The molecule has 1 aromatic heterocycles. The molecule has 0 saturated heterocycles. The first-order valence-corrected chi connectivity index (χ1v) is 4.78. The van der Waals surface area contributed by atoms with Gasteiger partial charge in [-0.1, -0.05) is 6.92 Å². The number of nitrogens with zero attached hydrogens (tertiary/aromatic N) is 2. The standard InChI is InChI=1S/C10H15N3O2/c1-4-10(2,3)13-15-9(14)8-5-11-7-12-6-8/h5-7,13H,4H2,1-3H3. The third kappa shape index (κ3) is 3.63. The first-order chi connectivity index (χ1) is 7.05. The molecule has 0 aliphatic heterocycles. The molecule has 82 valence electrons. The molecule has 0 aliphatic carbocycles. The molecule has 0 spiro atoms. The minimum absolute atomic E-state index is 0.231. The van der Waals surface area contributed by atoms with E-state index in [0.29, 0.717) is 5.56 Å². The lowest BCUT2D eigenvalue weighted by molar-refractivity contribution is 0.000554. The van der Waals surface area contributed by atoms with Gasteiger partial charge in [-0.2, -0.15) is 0 Å². The number of rotatable bonds is 4. The molecule has 0 aliphatic rings. The van der Waals surface area contributed by atoms with Crippen LogP contribution in [0.15, 0.2) is 18.7 Å². The van der Waals surface area contributed by atoms with E-state index in [1.807, 2.05) is 20.8 Å². The summed E-state index contributed by atoms with van der Waals surface area (Å²) in [6.07, 6.45) is 5.04. The second kappa shape index (κ2) is 4.84. The molecule has 5 nitrogen and oxygen atoms in total. The molecule has 0 atom stereocenters. The van der Waals surface area contributed by atoms with Gasteiger partial charge in [0.05, 0.1) is 5.56 Å². The van der Waals surface area contributed by atoms with E-state index < -0.39 is 5.97 Å².